The lowest BCUT2D eigenvalue weighted by Crippen LogP contribution is -2.45. The summed E-state index contributed by atoms with van der Waals surface area (Å²) in [4.78, 5) is 2.64. The lowest BCUT2D eigenvalue weighted by molar-refractivity contribution is 0.122. The van der Waals surface area contributed by atoms with E-state index in [0.717, 1.165) is 0 Å². The average Bonchev–Trinajstić information content (AvgIpc) is 3.07. The van der Waals surface area contributed by atoms with E-state index in [2.05, 4.69) is 36.1 Å². The van der Waals surface area contributed by atoms with E-state index >= 15 is 0 Å². The molecule has 1 unspecified atom stereocenters. The lowest BCUT2D eigenvalue weighted by Gasteiger charge is -2.26. The molecular weight excluding hydrogens is 306 g/mol. The van der Waals surface area contributed by atoms with Crippen LogP contribution >= 0.6 is 0 Å². The molecule has 4 nitrogen and oxygen atoms in total. The molecule has 1 aliphatic rings. The Morgan fingerprint density at radius 3 is 2.30 bits per heavy atom. The van der Waals surface area contributed by atoms with Gasteiger partial charge >= 0.3 is 8.80 Å². The summed E-state index contributed by atoms with van der Waals surface area (Å²) in [5.74, 6) is 0. The summed E-state index contributed by atoms with van der Waals surface area (Å²) >= 11 is 0. The molecular formula is C18H31NO3Si. The van der Waals surface area contributed by atoms with Gasteiger partial charge in [-0.1, -0.05) is 37.6 Å². The van der Waals surface area contributed by atoms with Gasteiger partial charge < -0.3 is 13.3 Å². The highest BCUT2D eigenvalue weighted by Gasteiger charge is 2.38. The number of benzene rings is 1. The number of nitrogens with zero attached hydrogens (tertiary/aromatic N) is 1. The molecule has 1 atom stereocenters. The first-order valence-electron chi connectivity index (χ1n) is 8.66. The van der Waals surface area contributed by atoms with Gasteiger partial charge in [0.1, 0.15) is 0 Å². The third-order valence-corrected chi connectivity index (χ3v) is 7.59. The molecule has 130 valence electrons. The van der Waals surface area contributed by atoms with Crippen LogP contribution in [-0.4, -0.2) is 48.1 Å². The maximum atomic E-state index is 5.52. The molecule has 23 heavy (non-hydrogen) atoms. The van der Waals surface area contributed by atoms with E-state index in [9.17, 15) is 0 Å². The van der Waals surface area contributed by atoms with Gasteiger partial charge in [-0.05, 0) is 43.5 Å². The average molecular weight is 338 g/mol. The summed E-state index contributed by atoms with van der Waals surface area (Å²) in [5, 5.41) is 0. The normalized spacial score (nSPS) is 19.4. The first-order valence-corrected chi connectivity index (χ1v) is 10.6. The molecule has 1 aliphatic heterocycles. The highest BCUT2D eigenvalue weighted by molar-refractivity contribution is 6.60. The fourth-order valence-electron chi connectivity index (χ4n) is 3.41. The van der Waals surface area contributed by atoms with Crippen molar-refractivity contribution in [2.24, 2.45) is 0 Å². The van der Waals surface area contributed by atoms with Gasteiger partial charge in [0.05, 0.1) is 0 Å². The monoisotopic (exact) mass is 337 g/mol. The van der Waals surface area contributed by atoms with Gasteiger partial charge in [0.15, 0.2) is 0 Å². The van der Waals surface area contributed by atoms with Crippen molar-refractivity contribution in [1.29, 1.82) is 0 Å². The number of unbranched alkanes of at least 4 members (excludes halogenated alkanes) is 1. The third-order valence-electron chi connectivity index (χ3n) is 4.88. The molecule has 1 aromatic carbocycles. The van der Waals surface area contributed by atoms with Crippen molar-refractivity contribution in [2.45, 2.75) is 44.7 Å². The van der Waals surface area contributed by atoms with Crippen molar-refractivity contribution in [3.63, 3.8) is 0 Å². The van der Waals surface area contributed by atoms with Gasteiger partial charge in [-0.2, -0.15) is 0 Å². The number of hydrogen-bond donors (Lipinski definition) is 0. The molecule has 0 radical (unpaired) electrons. The number of likely N-dealkylation sites (tertiary alicyclic amines) is 1. The van der Waals surface area contributed by atoms with Crippen LogP contribution in [0.3, 0.4) is 0 Å². The minimum Gasteiger partial charge on any atom is -0.377 e. The quantitative estimate of drug-likeness (QED) is 0.645. The van der Waals surface area contributed by atoms with Crippen LogP contribution in [0.2, 0.25) is 0 Å². The van der Waals surface area contributed by atoms with Crippen LogP contribution in [0, 0.1) is 0 Å². The summed E-state index contributed by atoms with van der Waals surface area (Å²) in [6.07, 6.45) is 5.14. The van der Waals surface area contributed by atoms with Gasteiger partial charge in [-0.15, -0.1) is 0 Å². The Labute approximate surface area is 142 Å². The SMILES string of the molecule is CCCCN1CCCC1c1ccc(C[Si](OC)(OC)OC)cc1. The fraction of sp³-hybridized carbons (Fsp3) is 0.667. The molecule has 2 rings (SSSR count). The van der Waals surface area contributed by atoms with Crippen LogP contribution < -0.4 is 0 Å². The van der Waals surface area contributed by atoms with Crippen molar-refractivity contribution in [2.75, 3.05) is 34.4 Å². The second-order valence-corrected chi connectivity index (χ2v) is 9.21. The Balaban J connectivity index is 2.04. The van der Waals surface area contributed by atoms with Crippen molar-refractivity contribution in [3.8, 4) is 0 Å². The zero-order chi connectivity index (χ0) is 16.7. The van der Waals surface area contributed by atoms with E-state index in [-0.39, 0.29) is 0 Å². The fourth-order valence-corrected chi connectivity index (χ4v) is 5.08. The molecule has 1 fully saturated rings. The van der Waals surface area contributed by atoms with Crippen LogP contribution in [0.25, 0.3) is 0 Å². The van der Waals surface area contributed by atoms with Crippen LogP contribution in [0.5, 0.6) is 0 Å². The van der Waals surface area contributed by atoms with Crippen LogP contribution in [0.1, 0.15) is 49.8 Å². The largest absolute Gasteiger partial charge is 0.504 e. The molecule has 0 aromatic heterocycles. The molecule has 0 bridgehead atoms. The predicted molar refractivity (Wildman–Crippen MR) is 95.4 cm³/mol. The van der Waals surface area contributed by atoms with Crippen molar-refractivity contribution >= 4 is 8.80 Å². The Morgan fingerprint density at radius 2 is 1.74 bits per heavy atom. The molecule has 0 N–H and O–H groups in total. The van der Waals surface area contributed by atoms with Gasteiger partial charge in [0.25, 0.3) is 0 Å². The van der Waals surface area contributed by atoms with E-state index in [1.54, 1.807) is 21.3 Å². The highest BCUT2D eigenvalue weighted by atomic mass is 28.4. The van der Waals surface area contributed by atoms with Gasteiger partial charge in [-0.25, -0.2) is 0 Å². The highest BCUT2D eigenvalue weighted by Crippen LogP contribution is 2.32. The first kappa shape index (κ1) is 18.6. The molecule has 0 spiro atoms. The lowest BCUT2D eigenvalue weighted by atomic mass is 10.0. The molecule has 0 amide bonds. The van der Waals surface area contributed by atoms with Crippen LogP contribution in [-0.2, 0) is 19.3 Å². The zero-order valence-electron chi connectivity index (χ0n) is 15.0. The van der Waals surface area contributed by atoms with E-state index in [0.29, 0.717) is 12.1 Å². The Bertz CT molecular complexity index is 454. The molecule has 0 aliphatic carbocycles. The van der Waals surface area contributed by atoms with Crippen molar-refractivity contribution in [3.05, 3.63) is 35.4 Å². The van der Waals surface area contributed by atoms with E-state index in [1.165, 1.54) is 49.9 Å². The zero-order valence-corrected chi connectivity index (χ0v) is 16.0. The molecule has 1 saturated heterocycles. The smallest absolute Gasteiger partial charge is 0.377 e. The van der Waals surface area contributed by atoms with Gasteiger partial charge in [0, 0.05) is 33.4 Å². The minimum absolute atomic E-state index is 0.588. The Kier molecular flexibility index (Phi) is 7.24. The number of rotatable bonds is 9. The third kappa shape index (κ3) is 4.64. The van der Waals surface area contributed by atoms with E-state index in [4.69, 9.17) is 13.3 Å². The van der Waals surface area contributed by atoms with Gasteiger partial charge in [-0.3, -0.25) is 4.90 Å². The van der Waals surface area contributed by atoms with E-state index in [1.807, 2.05) is 0 Å². The Hall–Kier alpha value is -0.723. The standard InChI is InChI=1S/C18H31NO3Si/c1-5-6-13-19-14-7-8-18(19)17-11-9-16(10-12-17)15-23(20-2,21-3)22-4/h9-12,18H,5-8,13-15H2,1-4H3. The van der Waals surface area contributed by atoms with Gasteiger partial charge in [0.2, 0.25) is 0 Å². The summed E-state index contributed by atoms with van der Waals surface area (Å²) in [6, 6.07) is 10.2. The minimum atomic E-state index is -2.55. The van der Waals surface area contributed by atoms with Crippen LogP contribution in [0.4, 0.5) is 0 Å². The maximum Gasteiger partial charge on any atom is 0.504 e. The summed E-state index contributed by atoms with van der Waals surface area (Å²) in [7, 11) is 2.44. The Morgan fingerprint density at radius 1 is 1.09 bits per heavy atom. The summed E-state index contributed by atoms with van der Waals surface area (Å²) in [5.41, 5.74) is 2.64. The maximum absolute atomic E-state index is 5.52. The van der Waals surface area contributed by atoms with E-state index < -0.39 is 8.80 Å². The molecule has 1 heterocycles. The van der Waals surface area contributed by atoms with Crippen molar-refractivity contribution < 1.29 is 13.3 Å². The predicted octanol–water partition coefficient (Wildman–Crippen LogP) is 3.58. The second-order valence-electron chi connectivity index (χ2n) is 6.26. The summed E-state index contributed by atoms with van der Waals surface area (Å²) in [6.45, 7) is 4.72. The van der Waals surface area contributed by atoms with Crippen LogP contribution in [0.15, 0.2) is 24.3 Å². The molecule has 0 saturated carbocycles. The number of hydrogen-bond acceptors (Lipinski definition) is 4. The topological polar surface area (TPSA) is 30.9 Å². The molecule has 5 heteroatoms. The first-order chi connectivity index (χ1) is 11.2. The van der Waals surface area contributed by atoms with Crippen molar-refractivity contribution in [1.82, 2.24) is 4.90 Å². The summed E-state index contributed by atoms with van der Waals surface area (Å²) < 4.78 is 16.6. The second kappa shape index (κ2) is 8.94. The molecule has 1 aromatic rings.